The van der Waals surface area contributed by atoms with Crippen molar-refractivity contribution in [2.75, 3.05) is 19.7 Å². The molecular weight excluding hydrogens is 360 g/mol. The zero-order valence-electron chi connectivity index (χ0n) is 13.0. The van der Waals surface area contributed by atoms with Crippen LogP contribution in [0, 0.1) is 5.92 Å². The fraction of sp³-hybridized carbons (Fsp3) is 0.412. The topological polar surface area (TPSA) is 62.4 Å². The Labute approximate surface area is 143 Å². The van der Waals surface area contributed by atoms with Crippen LogP contribution in [0.15, 0.2) is 28.7 Å². The number of esters is 1. The van der Waals surface area contributed by atoms with Crippen LogP contribution in [-0.4, -0.2) is 41.5 Å². The third-order valence-corrected chi connectivity index (χ3v) is 5.01. The van der Waals surface area contributed by atoms with E-state index in [1.54, 1.807) is 4.90 Å². The summed E-state index contributed by atoms with van der Waals surface area (Å²) in [6, 6.07) is 7.59. The van der Waals surface area contributed by atoms with E-state index < -0.39 is 5.97 Å². The normalized spacial score (nSPS) is 18.2. The standard InChI is InChI=1S/C17H19BrN2O3/c1-11-5-4-8-20(9-11)14(21)10-23-17(22)16-15(18)12-6-2-3-7-13(12)19-16/h2-3,6-7,11,19H,4-5,8-10H2,1H3. The molecule has 0 radical (unpaired) electrons. The summed E-state index contributed by atoms with van der Waals surface area (Å²) in [4.78, 5) is 29.2. The minimum atomic E-state index is -0.522. The second-order valence-corrected chi connectivity index (χ2v) is 6.82. The van der Waals surface area contributed by atoms with Crippen LogP contribution in [0.2, 0.25) is 0 Å². The second-order valence-electron chi connectivity index (χ2n) is 6.02. The molecule has 1 aliphatic heterocycles. The number of H-pyrrole nitrogens is 1. The van der Waals surface area contributed by atoms with Crippen LogP contribution in [0.25, 0.3) is 10.9 Å². The van der Waals surface area contributed by atoms with E-state index >= 15 is 0 Å². The molecule has 1 aliphatic rings. The van der Waals surface area contributed by atoms with Gasteiger partial charge in [0.15, 0.2) is 6.61 Å². The maximum absolute atomic E-state index is 12.2. The lowest BCUT2D eigenvalue weighted by atomic mass is 10.0. The summed E-state index contributed by atoms with van der Waals surface area (Å²) >= 11 is 3.42. The molecule has 2 aromatic rings. The van der Waals surface area contributed by atoms with Gasteiger partial charge in [-0.1, -0.05) is 25.1 Å². The van der Waals surface area contributed by atoms with Crippen molar-refractivity contribution in [2.45, 2.75) is 19.8 Å². The monoisotopic (exact) mass is 378 g/mol. The molecule has 0 aliphatic carbocycles. The lowest BCUT2D eigenvalue weighted by molar-refractivity contribution is -0.136. The molecule has 1 N–H and O–H groups in total. The number of rotatable bonds is 3. The van der Waals surface area contributed by atoms with Gasteiger partial charge in [0.25, 0.3) is 5.91 Å². The van der Waals surface area contributed by atoms with E-state index in [0.29, 0.717) is 16.1 Å². The summed E-state index contributed by atoms with van der Waals surface area (Å²) in [5.41, 5.74) is 1.19. The summed E-state index contributed by atoms with van der Waals surface area (Å²) in [7, 11) is 0. The Kier molecular flexibility index (Phi) is 4.71. The molecule has 1 unspecified atom stereocenters. The number of aromatic nitrogens is 1. The van der Waals surface area contributed by atoms with Crippen LogP contribution >= 0.6 is 15.9 Å². The van der Waals surface area contributed by atoms with E-state index in [0.717, 1.165) is 36.8 Å². The first-order valence-electron chi connectivity index (χ1n) is 7.77. The molecule has 1 aromatic carbocycles. The number of benzene rings is 1. The average molecular weight is 379 g/mol. The predicted molar refractivity (Wildman–Crippen MR) is 91.3 cm³/mol. The summed E-state index contributed by atoms with van der Waals surface area (Å²) in [6.45, 7) is 3.41. The van der Waals surface area contributed by atoms with E-state index in [1.807, 2.05) is 24.3 Å². The SMILES string of the molecule is CC1CCCN(C(=O)COC(=O)c2[nH]c3ccccc3c2Br)C1. The minimum absolute atomic E-state index is 0.128. The fourth-order valence-corrected chi connectivity index (χ4v) is 3.56. The summed E-state index contributed by atoms with van der Waals surface area (Å²) in [6.07, 6.45) is 2.15. The van der Waals surface area contributed by atoms with Gasteiger partial charge in [0.1, 0.15) is 5.69 Å². The number of nitrogens with zero attached hydrogens (tertiary/aromatic N) is 1. The molecule has 0 spiro atoms. The number of aromatic amines is 1. The van der Waals surface area contributed by atoms with Crippen molar-refractivity contribution in [1.29, 1.82) is 0 Å². The number of ether oxygens (including phenoxy) is 1. The van der Waals surface area contributed by atoms with Crippen LogP contribution in [0.5, 0.6) is 0 Å². The number of halogens is 1. The molecule has 1 atom stereocenters. The largest absolute Gasteiger partial charge is 0.451 e. The van der Waals surface area contributed by atoms with Gasteiger partial charge in [0.2, 0.25) is 0 Å². The van der Waals surface area contributed by atoms with Gasteiger partial charge in [-0.3, -0.25) is 4.79 Å². The highest BCUT2D eigenvalue weighted by molar-refractivity contribution is 9.10. The molecule has 1 saturated heterocycles. The van der Waals surface area contributed by atoms with E-state index in [-0.39, 0.29) is 12.5 Å². The Balaban J connectivity index is 1.64. The zero-order valence-corrected chi connectivity index (χ0v) is 14.6. The van der Waals surface area contributed by atoms with Crippen LogP contribution in [-0.2, 0) is 9.53 Å². The molecule has 0 bridgehead atoms. The number of hydrogen-bond donors (Lipinski definition) is 1. The predicted octanol–water partition coefficient (Wildman–Crippen LogP) is 3.35. The molecule has 2 heterocycles. The first kappa shape index (κ1) is 16.1. The fourth-order valence-electron chi connectivity index (χ4n) is 2.96. The number of fused-ring (bicyclic) bond motifs is 1. The van der Waals surface area contributed by atoms with Gasteiger partial charge in [0, 0.05) is 24.0 Å². The number of likely N-dealkylation sites (tertiary alicyclic amines) is 1. The number of carbonyl (C=O) groups is 2. The minimum Gasteiger partial charge on any atom is -0.451 e. The third-order valence-electron chi connectivity index (χ3n) is 4.18. The molecule has 3 rings (SSSR count). The number of hydrogen-bond acceptors (Lipinski definition) is 3. The van der Waals surface area contributed by atoms with Gasteiger partial charge in [-0.25, -0.2) is 4.79 Å². The molecule has 6 heteroatoms. The first-order chi connectivity index (χ1) is 11.1. The molecule has 1 amide bonds. The van der Waals surface area contributed by atoms with Crippen LogP contribution < -0.4 is 0 Å². The maximum atomic E-state index is 12.2. The zero-order chi connectivity index (χ0) is 16.4. The number of para-hydroxylation sites is 1. The van der Waals surface area contributed by atoms with Crippen LogP contribution in [0.1, 0.15) is 30.3 Å². The Morgan fingerprint density at radius 1 is 1.39 bits per heavy atom. The highest BCUT2D eigenvalue weighted by atomic mass is 79.9. The highest BCUT2D eigenvalue weighted by Crippen LogP contribution is 2.28. The van der Waals surface area contributed by atoms with Gasteiger partial charge in [-0.15, -0.1) is 0 Å². The second kappa shape index (κ2) is 6.74. The van der Waals surface area contributed by atoms with E-state index in [4.69, 9.17) is 4.74 Å². The van der Waals surface area contributed by atoms with Crippen molar-refractivity contribution in [3.8, 4) is 0 Å². The summed E-state index contributed by atoms with van der Waals surface area (Å²) in [5.74, 6) is -0.144. The Bertz CT molecular complexity index is 741. The highest BCUT2D eigenvalue weighted by Gasteiger charge is 2.23. The van der Waals surface area contributed by atoms with Crippen LogP contribution in [0.3, 0.4) is 0 Å². The Morgan fingerprint density at radius 2 is 2.17 bits per heavy atom. The average Bonchev–Trinajstić information content (AvgIpc) is 2.90. The lowest BCUT2D eigenvalue weighted by Crippen LogP contribution is -2.41. The van der Waals surface area contributed by atoms with Crippen molar-refractivity contribution >= 4 is 38.7 Å². The number of carbonyl (C=O) groups excluding carboxylic acids is 2. The molecular formula is C17H19BrN2O3. The Morgan fingerprint density at radius 3 is 2.91 bits per heavy atom. The molecule has 23 heavy (non-hydrogen) atoms. The molecule has 5 nitrogen and oxygen atoms in total. The van der Waals surface area contributed by atoms with Crippen LogP contribution in [0.4, 0.5) is 0 Å². The van der Waals surface area contributed by atoms with Crippen molar-refractivity contribution in [3.63, 3.8) is 0 Å². The van der Waals surface area contributed by atoms with Crippen molar-refractivity contribution in [1.82, 2.24) is 9.88 Å². The smallest absolute Gasteiger partial charge is 0.356 e. The number of amides is 1. The van der Waals surface area contributed by atoms with Crippen molar-refractivity contribution in [3.05, 3.63) is 34.4 Å². The molecule has 1 fully saturated rings. The van der Waals surface area contributed by atoms with Gasteiger partial charge in [-0.05, 0) is 40.8 Å². The van der Waals surface area contributed by atoms with Gasteiger partial charge in [0.05, 0.1) is 4.47 Å². The molecule has 0 saturated carbocycles. The summed E-state index contributed by atoms with van der Waals surface area (Å²) < 4.78 is 5.86. The number of piperidine rings is 1. The first-order valence-corrected chi connectivity index (χ1v) is 8.56. The van der Waals surface area contributed by atoms with Gasteiger partial charge in [-0.2, -0.15) is 0 Å². The van der Waals surface area contributed by atoms with Crippen molar-refractivity contribution < 1.29 is 14.3 Å². The summed E-state index contributed by atoms with van der Waals surface area (Å²) in [5, 5.41) is 0.913. The number of nitrogens with one attached hydrogen (secondary N) is 1. The molecule has 1 aromatic heterocycles. The lowest BCUT2D eigenvalue weighted by Gasteiger charge is -2.30. The van der Waals surface area contributed by atoms with Crippen molar-refractivity contribution in [2.24, 2.45) is 5.92 Å². The van der Waals surface area contributed by atoms with Gasteiger partial charge < -0.3 is 14.6 Å². The maximum Gasteiger partial charge on any atom is 0.356 e. The quantitative estimate of drug-likeness (QED) is 0.832. The third kappa shape index (κ3) is 3.42. The van der Waals surface area contributed by atoms with E-state index in [1.165, 1.54) is 0 Å². The molecule has 122 valence electrons. The van der Waals surface area contributed by atoms with E-state index in [9.17, 15) is 9.59 Å². The van der Waals surface area contributed by atoms with E-state index in [2.05, 4.69) is 27.8 Å². The van der Waals surface area contributed by atoms with Gasteiger partial charge >= 0.3 is 5.97 Å². The Hall–Kier alpha value is -1.82.